The molecule has 0 saturated carbocycles. The van der Waals surface area contributed by atoms with Crippen molar-refractivity contribution < 1.29 is 32.7 Å². The van der Waals surface area contributed by atoms with E-state index >= 15 is 0 Å². The number of nitrogens with zero attached hydrogens (tertiary/aromatic N) is 1. The summed E-state index contributed by atoms with van der Waals surface area (Å²) in [6.45, 7) is 17.6. The molecule has 0 rings (SSSR count). The molecule has 12 heavy (non-hydrogen) atoms. The van der Waals surface area contributed by atoms with Crippen molar-refractivity contribution in [1.82, 2.24) is 4.90 Å². The van der Waals surface area contributed by atoms with Gasteiger partial charge in [-0.2, -0.15) is 13.8 Å². The molecule has 0 saturated heterocycles. The van der Waals surface area contributed by atoms with Gasteiger partial charge in [-0.1, -0.05) is 13.8 Å². The molecule has 0 spiro atoms. The summed E-state index contributed by atoms with van der Waals surface area (Å²) in [5.74, 6) is 0. The number of hydrogen-bond acceptors (Lipinski definition) is 1. The number of rotatable bonds is 3. The van der Waals surface area contributed by atoms with Gasteiger partial charge in [-0.25, -0.2) is 0 Å². The fourth-order valence-corrected chi connectivity index (χ4v) is 0.628. The third-order valence-electron chi connectivity index (χ3n) is 1.30. The van der Waals surface area contributed by atoms with Crippen molar-refractivity contribution in [3.63, 3.8) is 0 Å². The molecule has 0 aromatic carbocycles. The van der Waals surface area contributed by atoms with Crippen LogP contribution in [0, 0.1) is 20.3 Å². The van der Waals surface area contributed by atoms with E-state index in [4.69, 9.17) is 0 Å². The predicted molar refractivity (Wildman–Crippen MR) is 53.1 cm³/mol. The molecule has 0 aliphatic rings. The SMILES string of the molecule is C[CH-]C.[CH2-]CN(C[CH2-])C(C)C.[Y+3]. The van der Waals surface area contributed by atoms with Crippen molar-refractivity contribution in [2.45, 2.75) is 33.7 Å². The van der Waals surface area contributed by atoms with E-state index in [2.05, 4.69) is 32.6 Å². The van der Waals surface area contributed by atoms with Crippen LogP contribution in [-0.2, 0) is 32.7 Å². The monoisotopic (exact) mass is 245 g/mol. The normalized spacial score (nSPS) is 9.00. The average Bonchev–Trinajstić information content (AvgIpc) is 1.91. The Morgan fingerprint density at radius 3 is 1.42 bits per heavy atom. The van der Waals surface area contributed by atoms with Gasteiger partial charge in [0.25, 0.3) is 0 Å². The van der Waals surface area contributed by atoms with Crippen LogP contribution in [0.25, 0.3) is 0 Å². The zero-order chi connectivity index (χ0) is 9.28. The molecule has 70 valence electrons. The Morgan fingerprint density at radius 1 is 1.17 bits per heavy atom. The van der Waals surface area contributed by atoms with E-state index in [1.54, 1.807) is 0 Å². The summed E-state index contributed by atoms with van der Waals surface area (Å²) in [7, 11) is 0. The maximum absolute atomic E-state index is 3.76. The fraction of sp³-hybridized carbons (Fsp3) is 0.700. The van der Waals surface area contributed by atoms with Crippen LogP contribution in [0.1, 0.15) is 27.7 Å². The molecule has 0 atom stereocenters. The zero-order valence-electron chi connectivity index (χ0n) is 9.01. The van der Waals surface area contributed by atoms with E-state index in [1.165, 1.54) is 0 Å². The molecule has 2 heteroatoms. The zero-order valence-corrected chi connectivity index (χ0v) is 11.8. The molecule has 1 nitrogen and oxygen atoms in total. The van der Waals surface area contributed by atoms with Crippen molar-refractivity contribution in [3.05, 3.63) is 20.3 Å². The Hall–Kier alpha value is 1.06. The molecule has 0 amide bonds. The van der Waals surface area contributed by atoms with Crippen LogP contribution in [0.2, 0.25) is 0 Å². The topological polar surface area (TPSA) is 3.24 Å². The summed E-state index contributed by atoms with van der Waals surface area (Å²) >= 11 is 0. The van der Waals surface area contributed by atoms with Gasteiger partial charge in [0.15, 0.2) is 0 Å². The summed E-state index contributed by atoms with van der Waals surface area (Å²) < 4.78 is 0. The van der Waals surface area contributed by atoms with Crippen molar-refractivity contribution in [2.75, 3.05) is 13.1 Å². The van der Waals surface area contributed by atoms with Crippen molar-refractivity contribution >= 4 is 0 Å². The van der Waals surface area contributed by atoms with E-state index < -0.39 is 0 Å². The van der Waals surface area contributed by atoms with Crippen LogP contribution in [0.4, 0.5) is 0 Å². The maximum atomic E-state index is 3.76. The van der Waals surface area contributed by atoms with Gasteiger partial charge in [-0.05, 0) is 6.04 Å². The Kier molecular flexibility index (Phi) is 22.8. The Bertz CT molecular complexity index is 60.9. The minimum atomic E-state index is 0. The molecule has 0 fully saturated rings. The Balaban J connectivity index is -0.000000177. The van der Waals surface area contributed by atoms with Crippen LogP contribution in [0.3, 0.4) is 0 Å². The van der Waals surface area contributed by atoms with Crippen LogP contribution in [0.15, 0.2) is 0 Å². The second-order valence-electron chi connectivity index (χ2n) is 2.71. The minimum Gasteiger partial charge on any atom is -0.360 e. The van der Waals surface area contributed by atoms with Gasteiger partial charge in [0, 0.05) is 0 Å². The minimum absolute atomic E-state index is 0. The first-order valence-corrected chi connectivity index (χ1v) is 4.20. The second kappa shape index (κ2) is 14.6. The van der Waals surface area contributed by atoms with Gasteiger partial charge in [-0.15, -0.1) is 13.1 Å². The first-order valence-electron chi connectivity index (χ1n) is 4.20. The van der Waals surface area contributed by atoms with Gasteiger partial charge in [0.05, 0.1) is 0 Å². The first kappa shape index (κ1) is 18.8. The van der Waals surface area contributed by atoms with Gasteiger partial charge < -0.3 is 25.2 Å². The third kappa shape index (κ3) is 13.6. The van der Waals surface area contributed by atoms with Crippen molar-refractivity contribution in [3.8, 4) is 0 Å². The van der Waals surface area contributed by atoms with Gasteiger partial charge in [0.2, 0.25) is 0 Å². The molecule has 0 bridgehead atoms. The van der Waals surface area contributed by atoms with Gasteiger partial charge in [-0.3, -0.25) is 0 Å². The molecule has 0 aliphatic heterocycles. The molecule has 0 unspecified atom stereocenters. The van der Waals surface area contributed by atoms with Crippen LogP contribution >= 0.6 is 0 Å². The Labute approximate surface area is 104 Å². The first-order chi connectivity index (χ1) is 5.13. The van der Waals surface area contributed by atoms with E-state index in [-0.39, 0.29) is 32.7 Å². The summed E-state index contributed by atoms with van der Waals surface area (Å²) in [5.41, 5.74) is 0. The van der Waals surface area contributed by atoms with E-state index in [0.29, 0.717) is 6.04 Å². The number of hydrogen-bond donors (Lipinski definition) is 0. The fourth-order valence-electron chi connectivity index (χ4n) is 0.628. The van der Waals surface area contributed by atoms with Crippen LogP contribution in [-0.4, -0.2) is 24.0 Å². The van der Waals surface area contributed by atoms with E-state index in [9.17, 15) is 0 Å². The smallest absolute Gasteiger partial charge is 0.360 e. The molecular weight excluding hydrogens is 223 g/mol. The quantitative estimate of drug-likeness (QED) is 0.691. The summed E-state index contributed by atoms with van der Waals surface area (Å²) in [4.78, 5) is 2.19. The largest absolute Gasteiger partial charge is 3.00 e. The summed E-state index contributed by atoms with van der Waals surface area (Å²) in [6.07, 6.45) is 2.00. The molecule has 0 heterocycles. The molecule has 0 N–H and O–H groups in total. The molecule has 0 aromatic heterocycles. The van der Waals surface area contributed by atoms with Crippen LogP contribution < -0.4 is 0 Å². The van der Waals surface area contributed by atoms with Gasteiger partial charge in [0.1, 0.15) is 0 Å². The van der Waals surface area contributed by atoms with Crippen molar-refractivity contribution in [2.24, 2.45) is 0 Å². The standard InChI is InChI=1S/C7H15N.C3H7.Y/c1-5-8(6-2)7(3)4;1-3-2;/h7H,1-2,5-6H2,3-4H3;3H,1-2H3;/q-2;-1;+3. The summed E-state index contributed by atoms with van der Waals surface area (Å²) in [6, 6.07) is 0.588. The molecule has 0 aromatic rings. The Morgan fingerprint density at radius 2 is 1.42 bits per heavy atom. The average molecular weight is 245 g/mol. The predicted octanol–water partition coefficient (Wildman–Crippen LogP) is 2.59. The molecule has 0 aliphatic carbocycles. The third-order valence-corrected chi connectivity index (χ3v) is 1.30. The van der Waals surface area contributed by atoms with Crippen molar-refractivity contribution in [1.29, 1.82) is 0 Å². The molecule has 0 radical (unpaired) electrons. The van der Waals surface area contributed by atoms with E-state index in [1.807, 2.05) is 20.3 Å². The van der Waals surface area contributed by atoms with E-state index in [0.717, 1.165) is 13.1 Å². The second-order valence-corrected chi connectivity index (χ2v) is 2.71. The molecular formula is C10H22NY. The maximum Gasteiger partial charge on any atom is 3.00 e. The summed E-state index contributed by atoms with van der Waals surface area (Å²) in [5, 5.41) is 0. The van der Waals surface area contributed by atoms with Crippen LogP contribution in [0.5, 0.6) is 0 Å². The van der Waals surface area contributed by atoms with Gasteiger partial charge >= 0.3 is 32.7 Å².